The summed E-state index contributed by atoms with van der Waals surface area (Å²) in [5.74, 6) is 0.804. The van der Waals surface area contributed by atoms with Crippen molar-refractivity contribution in [1.29, 1.82) is 0 Å². The first-order valence-corrected chi connectivity index (χ1v) is 11.1. The fourth-order valence-corrected chi connectivity index (χ4v) is 3.79. The number of rotatable bonds is 7. The van der Waals surface area contributed by atoms with Crippen LogP contribution in [0.15, 0.2) is 103 Å². The van der Waals surface area contributed by atoms with Crippen molar-refractivity contribution < 1.29 is 4.74 Å². The predicted molar refractivity (Wildman–Crippen MR) is 134 cm³/mol. The van der Waals surface area contributed by atoms with Gasteiger partial charge in [-0.1, -0.05) is 60.1 Å². The maximum Gasteiger partial charge on any atom is 0.130 e. The smallest absolute Gasteiger partial charge is 0.130 e. The zero-order valence-corrected chi connectivity index (χ0v) is 18.7. The van der Waals surface area contributed by atoms with Crippen molar-refractivity contribution in [3.05, 3.63) is 125 Å². The molecule has 2 heterocycles. The van der Waals surface area contributed by atoms with E-state index in [0.29, 0.717) is 13.2 Å². The molecular weight excluding hydrogens is 430 g/mol. The van der Waals surface area contributed by atoms with Crippen LogP contribution in [0, 0.1) is 0 Å². The van der Waals surface area contributed by atoms with Crippen molar-refractivity contribution in [2.45, 2.75) is 13.2 Å². The van der Waals surface area contributed by atoms with Gasteiger partial charge in [0.15, 0.2) is 0 Å². The molecule has 0 aliphatic rings. The highest BCUT2D eigenvalue weighted by molar-refractivity contribution is 6.30. The fraction of sp³-hybridized carbons (Fsp3) is 0.0714. The Morgan fingerprint density at radius 1 is 0.879 bits per heavy atom. The van der Waals surface area contributed by atoms with Crippen LogP contribution >= 0.6 is 11.6 Å². The second kappa shape index (κ2) is 9.72. The van der Waals surface area contributed by atoms with Crippen molar-refractivity contribution in [1.82, 2.24) is 14.8 Å². The van der Waals surface area contributed by atoms with E-state index in [1.807, 2.05) is 77.6 Å². The molecule has 5 heteroatoms. The molecule has 33 heavy (non-hydrogen) atoms. The van der Waals surface area contributed by atoms with Gasteiger partial charge in [0.1, 0.15) is 12.4 Å². The first-order chi connectivity index (χ1) is 16.2. The number of pyridine rings is 1. The maximum absolute atomic E-state index is 6.05. The summed E-state index contributed by atoms with van der Waals surface area (Å²) in [5, 5.41) is 6.22. The molecule has 0 saturated heterocycles. The van der Waals surface area contributed by atoms with Gasteiger partial charge in [-0.3, -0.25) is 4.68 Å². The molecule has 0 radical (unpaired) electrons. The van der Waals surface area contributed by atoms with Crippen LogP contribution in [0.4, 0.5) is 0 Å². The first kappa shape index (κ1) is 21.0. The van der Waals surface area contributed by atoms with Crippen LogP contribution in [0.2, 0.25) is 5.02 Å². The molecule has 162 valence electrons. The molecule has 0 atom stereocenters. The summed E-state index contributed by atoms with van der Waals surface area (Å²) in [6.45, 7) is 1.09. The normalized spacial score (nSPS) is 11.6. The zero-order valence-electron chi connectivity index (χ0n) is 17.9. The van der Waals surface area contributed by atoms with Gasteiger partial charge in [-0.25, -0.2) is 4.98 Å². The number of fused-ring (bicyclic) bond motifs is 1. The lowest BCUT2D eigenvalue weighted by molar-refractivity contribution is 0.302. The van der Waals surface area contributed by atoms with Crippen LogP contribution in [-0.2, 0) is 13.2 Å². The third kappa shape index (κ3) is 5.30. The Morgan fingerprint density at radius 2 is 1.70 bits per heavy atom. The lowest BCUT2D eigenvalue weighted by Crippen LogP contribution is -2.02. The second-order valence-corrected chi connectivity index (χ2v) is 8.17. The molecule has 5 rings (SSSR count). The maximum atomic E-state index is 6.05. The number of ether oxygens (including phenoxy) is 1. The first-order valence-electron chi connectivity index (χ1n) is 10.7. The number of aromatic nitrogens is 3. The summed E-state index contributed by atoms with van der Waals surface area (Å²) in [5.41, 5.74) is 5.22. The number of hydrogen-bond donors (Lipinski definition) is 0. The molecule has 0 fully saturated rings. The standard InChI is InChI=1S/C28H22ClN3O/c29-25-11-6-21(7-12-25)18-24(19-32-17-3-16-30-32)22-9-14-27(15-10-22)33-20-26-13-8-23-4-1-2-5-28(23)31-26/h1-18H,19-20H2. The molecule has 0 amide bonds. The molecular formula is C28H22ClN3O. The van der Waals surface area contributed by atoms with Crippen LogP contribution < -0.4 is 4.74 Å². The summed E-state index contributed by atoms with van der Waals surface area (Å²) >= 11 is 6.05. The van der Waals surface area contributed by atoms with Gasteiger partial charge in [0.2, 0.25) is 0 Å². The molecule has 0 bridgehead atoms. The van der Waals surface area contributed by atoms with Gasteiger partial charge in [-0.15, -0.1) is 0 Å². The van der Waals surface area contributed by atoms with E-state index in [4.69, 9.17) is 16.3 Å². The SMILES string of the molecule is Clc1ccc(C=C(Cn2cccn2)c2ccc(OCc3ccc4ccccc4n3)cc2)cc1. The molecule has 0 saturated carbocycles. The molecule has 0 aliphatic heterocycles. The quantitative estimate of drug-likeness (QED) is 0.252. The molecule has 0 spiro atoms. The van der Waals surface area contributed by atoms with E-state index < -0.39 is 0 Å². The van der Waals surface area contributed by atoms with E-state index in [1.165, 1.54) is 0 Å². The highest BCUT2D eigenvalue weighted by atomic mass is 35.5. The highest BCUT2D eigenvalue weighted by Gasteiger charge is 2.06. The number of allylic oxidation sites excluding steroid dienone is 1. The molecule has 4 nitrogen and oxygen atoms in total. The third-order valence-electron chi connectivity index (χ3n) is 5.37. The summed E-state index contributed by atoms with van der Waals surface area (Å²) in [4.78, 5) is 4.68. The van der Waals surface area contributed by atoms with Crippen LogP contribution in [0.1, 0.15) is 16.8 Å². The summed E-state index contributed by atoms with van der Waals surface area (Å²) in [7, 11) is 0. The van der Waals surface area contributed by atoms with Crippen molar-refractivity contribution in [3.8, 4) is 5.75 Å². The van der Waals surface area contributed by atoms with Gasteiger partial charge in [0.05, 0.1) is 17.8 Å². The number of benzene rings is 3. The Hall–Kier alpha value is -3.89. The van der Waals surface area contributed by atoms with Gasteiger partial charge in [-0.05, 0) is 65.2 Å². The van der Waals surface area contributed by atoms with E-state index in [2.05, 4.69) is 40.4 Å². The van der Waals surface area contributed by atoms with E-state index in [-0.39, 0.29) is 0 Å². The third-order valence-corrected chi connectivity index (χ3v) is 5.62. The van der Waals surface area contributed by atoms with Crippen molar-refractivity contribution in [2.24, 2.45) is 0 Å². The van der Waals surface area contributed by atoms with E-state index in [1.54, 1.807) is 6.20 Å². The summed E-state index contributed by atoms with van der Waals surface area (Å²) in [6, 6.07) is 30.1. The van der Waals surface area contributed by atoms with Crippen LogP contribution in [0.3, 0.4) is 0 Å². The molecule has 2 aromatic heterocycles. The topological polar surface area (TPSA) is 39.9 Å². The van der Waals surface area contributed by atoms with Gasteiger partial charge >= 0.3 is 0 Å². The van der Waals surface area contributed by atoms with Gasteiger partial charge in [0, 0.05) is 22.8 Å². The lowest BCUT2D eigenvalue weighted by Gasteiger charge is -2.11. The van der Waals surface area contributed by atoms with Crippen LogP contribution in [0.5, 0.6) is 5.75 Å². The fourth-order valence-electron chi connectivity index (χ4n) is 3.66. The van der Waals surface area contributed by atoms with E-state index in [0.717, 1.165) is 44.1 Å². The summed E-state index contributed by atoms with van der Waals surface area (Å²) < 4.78 is 7.91. The molecule has 5 aromatic rings. The minimum Gasteiger partial charge on any atom is -0.487 e. The lowest BCUT2D eigenvalue weighted by atomic mass is 10.0. The van der Waals surface area contributed by atoms with Gasteiger partial charge < -0.3 is 4.74 Å². The highest BCUT2D eigenvalue weighted by Crippen LogP contribution is 2.24. The minimum absolute atomic E-state index is 0.422. The van der Waals surface area contributed by atoms with Gasteiger partial charge in [0.25, 0.3) is 0 Å². The van der Waals surface area contributed by atoms with Crippen molar-refractivity contribution in [3.63, 3.8) is 0 Å². The van der Waals surface area contributed by atoms with Crippen LogP contribution in [0.25, 0.3) is 22.6 Å². The Morgan fingerprint density at radius 3 is 2.48 bits per heavy atom. The average molecular weight is 452 g/mol. The monoisotopic (exact) mass is 451 g/mol. The van der Waals surface area contributed by atoms with Gasteiger partial charge in [-0.2, -0.15) is 5.10 Å². The number of hydrogen-bond acceptors (Lipinski definition) is 3. The Kier molecular flexibility index (Phi) is 6.18. The summed E-state index contributed by atoms with van der Waals surface area (Å²) in [6.07, 6.45) is 5.91. The van der Waals surface area contributed by atoms with E-state index >= 15 is 0 Å². The Labute approximate surface area is 197 Å². The zero-order chi connectivity index (χ0) is 22.5. The van der Waals surface area contributed by atoms with Crippen LogP contribution in [-0.4, -0.2) is 14.8 Å². The Bertz CT molecular complexity index is 1380. The van der Waals surface area contributed by atoms with Crippen molar-refractivity contribution >= 4 is 34.2 Å². The largest absolute Gasteiger partial charge is 0.487 e. The number of para-hydroxylation sites is 1. The number of nitrogens with zero attached hydrogens (tertiary/aromatic N) is 3. The number of halogens is 1. The molecule has 0 N–H and O–H groups in total. The minimum atomic E-state index is 0.422. The molecule has 0 aliphatic carbocycles. The Balaban J connectivity index is 1.34. The second-order valence-electron chi connectivity index (χ2n) is 7.73. The molecule has 3 aromatic carbocycles. The van der Waals surface area contributed by atoms with Crippen molar-refractivity contribution in [2.75, 3.05) is 0 Å². The average Bonchev–Trinajstić information content (AvgIpc) is 3.37. The molecule has 0 unspecified atom stereocenters. The van der Waals surface area contributed by atoms with E-state index in [9.17, 15) is 0 Å². The predicted octanol–water partition coefficient (Wildman–Crippen LogP) is 6.90.